The molecule has 1 amide bonds. The summed E-state index contributed by atoms with van der Waals surface area (Å²) >= 11 is 0. The van der Waals surface area contributed by atoms with Crippen LogP contribution in [-0.2, 0) is 14.8 Å². The third-order valence-corrected chi connectivity index (χ3v) is 5.81. The summed E-state index contributed by atoms with van der Waals surface area (Å²) in [6.45, 7) is 5.66. The number of benzene rings is 1. The van der Waals surface area contributed by atoms with Gasteiger partial charge in [0.1, 0.15) is 0 Å². The van der Waals surface area contributed by atoms with E-state index >= 15 is 0 Å². The Hall–Kier alpha value is -1.60. The number of nitrogens with two attached hydrogens (primary N) is 1. The molecule has 0 spiro atoms. The standard InChI is InChI=1S/C14H21N3O3S/c1-9-6-12(15)7-10(2)14(9)21(19,20)17-5-4-13(8-17)16-11(3)18/h6-7,13H,4-5,8,15H2,1-3H3,(H,16,18). The molecule has 1 heterocycles. The summed E-state index contributed by atoms with van der Waals surface area (Å²) < 4.78 is 27.0. The van der Waals surface area contributed by atoms with Gasteiger partial charge in [0.15, 0.2) is 0 Å². The van der Waals surface area contributed by atoms with E-state index in [9.17, 15) is 13.2 Å². The monoisotopic (exact) mass is 311 g/mol. The summed E-state index contributed by atoms with van der Waals surface area (Å²) in [5.74, 6) is -0.140. The van der Waals surface area contributed by atoms with Gasteiger partial charge in [0.05, 0.1) is 4.90 Å². The minimum absolute atomic E-state index is 0.119. The van der Waals surface area contributed by atoms with Crippen LogP contribution in [-0.4, -0.2) is 37.8 Å². The highest BCUT2D eigenvalue weighted by molar-refractivity contribution is 7.89. The van der Waals surface area contributed by atoms with Crippen LogP contribution in [0.2, 0.25) is 0 Å². The highest BCUT2D eigenvalue weighted by atomic mass is 32.2. The number of nitrogens with one attached hydrogen (secondary N) is 1. The molecule has 21 heavy (non-hydrogen) atoms. The normalized spacial score (nSPS) is 19.7. The van der Waals surface area contributed by atoms with Crippen LogP contribution < -0.4 is 11.1 Å². The summed E-state index contributed by atoms with van der Waals surface area (Å²) in [4.78, 5) is 11.4. The smallest absolute Gasteiger partial charge is 0.243 e. The van der Waals surface area contributed by atoms with E-state index in [2.05, 4.69) is 5.32 Å². The minimum Gasteiger partial charge on any atom is -0.399 e. The highest BCUT2D eigenvalue weighted by Gasteiger charge is 2.34. The van der Waals surface area contributed by atoms with E-state index < -0.39 is 10.0 Å². The van der Waals surface area contributed by atoms with Gasteiger partial charge in [-0.1, -0.05) is 0 Å². The first kappa shape index (κ1) is 15.8. The Morgan fingerprint density at radius 2 is 1.90 bits per heavy atom. The molecular formula is C14H21N3O3S. The number of hydrogen-bond donors (Lipinski definition) is 2. The Balaban J connectivity index is 2.30. The van der Waals surface area contributed by atoms with Gasteiger partial charge in [-0.2, -0.15) is 4.31 Å². The fourth-order valence-electron chi connectivity index (χ4n) is 2.87. The van der Waals surface area contributed by atoms with Crippen molar-refractivity contribution < 1.29 is 13.2 Å². The van der Waals surface area contributed by atoms with E-state index in [-0.39, 0.29) is 11.9 Å². The van der Waals surface area contributed by atoms with Gasteiger partial charge in [0.25, 0.3) is 0 Å². The zero-order valence-corrected chi connectivity index (χ0v) is 13.3. The number of sulfonamides is 1. The second-order valence-corrected chi connectivity index (χ2v) is 7.41. The minimum atomic E-state index is -3.56. The van der Waals surface area contributed by atoms with E-state index in [1.807, 2.05) is 0 Å². The lowest BCUT2D eigenvalue weighted by molar-refractivity contribution is -0.119. The molecule has 1 aromatic rings. The van der Waals surface area contributed by atoms with Crippen LogP contribution in [0.3, 0.4) is 0 Å². The number of anilines is 1. The van der Waals surface area contributed by atoms with Gasteiger partial charge in [-0.3, -0.25) is 4.79 Å². The Bertz CT molecular complexity index is 647. The third-order valence-electron chi connectivity index (χ3n) is 3.64. The molecule has 0 bridgehead atoms. The molecule has 1 fully saturated rings. The summed E-state index contributed by atoms with van der Waals surface area (Å²) in [5.41, 5.74) is 7.60. The fraction of sp³-hybridized carbons (Fsp3) is 0.500. The third kappa shape index (κ3) is 3.19. The Morgan fingerprint density at radius 1 is 1.33 bits per heavy atom. The van der Waals surface area contributed by atoms with Crippen molar-refractivity contribution in [3.05, 3.63) is 23.3 Å². The average Bonchev–Trinajstić information content (AvgIpc) is 2.75. The Labute approximate surface area is 125 Å². The van der Waals surface area contributed by atoms with E-state index in [0.29, 0.717) is 41.2 Å². The van der Waals surface area contributed by atoms with Crippen molar-refractivity contribution in [2.45, 2.75) is 38.1 Å². The van der Waals surface area contributed by atoms with Crippen molar-refractivity contribution in [2.24, 2.45) is 0 Å². The molecule has 0 saturated carbocycles. The van der Waals surface area contributed by atoms with Gasteiger partial charge >= 0.3 is 0 Å². The predicted octanol–water partition coefficient (Wildman–Crippen LogP) is 0.785. The van der Waals surface area contributed by atoms with Crippen molar-refractivity contribution in [2.75, 3.05) is 18.8 Å². The fourth-order valence-corrected chi connectivity index (χ4v) is 4.78. The van der Waals surface area contributed by atoms with Crippen molar-refractivity contribution in [3.8, 4) is 0 Å². The van der Waals surface area contributed by atoms with Crippen molar-refractivity contribution in [1.82, 2.24) is 9.62 Å². The summed E-state index contributed by atoms with van der Waals surface area (Å²) in [7, 11) is -3.56. The van der Waals surface area contributed by atoms with Crippen molar-refractivity contribution >= 4 is 21.6 Å². The first-order valence-electron chi connectivity index (χ1n) is 6.86. The second kappa shape index (κ2) is 5.65. The van der Waals surface area contributed by atoms with Crippen LogP contribution >= 0.6 is 0 Å². The molecule has 1 unspecified atom stereocenters. The van der Waals surface area contributed by atoms with Crippen molar-refractivity contribution in [3.63, 3.8) is 0 Å². The molecule has 1 aliphatic rings. The van der Waals surface area contributed by atoms with Gasteiger partial charge < -0.3 is 11.1 Å². The zero-order valence-electron chi connectivity index (χ0n) is 12.5. The molecule has 6 nitrogen and oxygen atoms in total. The number of carbonyl (C=O) groups is 1. The lowest BCUT2D eigenvalue weighted by Gasteiger charge is -2.20. The lowest BCUT2D eigenvalue weighted by atomic mass is 10.1. The number of nitrogens with zero attached hydrogens (tertiary/aromatic N) is 1. The maximum Gasteiger partial charge on any atom is 0.243 e. The van der Waals surface area contributed by atoms with Gasteiger partial charge in [-0.25, -0.2) is 8.42 Å². The molecule has 2 rings (SSSR count). The molecule has 0 radical (unpaired) electrons. The Kier molecular flexibility index (Phi) is 4.25. The van der Waals surface area contributed by atoms with E-state index in [0.717, 1.165) is 0 Å². The maximum absolute atomic E-state index is 12.8. The van der Waals surface area contributed by atoms with Gasteiger partial charge in [-0.15, -0.1) is 0 Å². The Morgan fingerprint density at radius 3 is 2.43 bits per heavy atom. The largest absolute Gasteiger partial charge is 0.399 e. The number of amides is 1. The van der Waals surface area contributed by atoms with Crippen LogP contribution in [0.5, 0.6) is 0 Å². The van der Waals surface area contributed by atoms with Gasteiger partial charge in [0.2, 0.25) is 15.9 Å². The van der Waals surface area contributed by atoms with Crippen molar-refractivity contribution in [1.29, 1.82) is 0 Å². The topological polar surface area (TPSA) is 92.5 Å². The van der Waals surface area contributed by atoms with Crippen LogP contribution in [0.4, 0.5) is 5.69 Å². The van der Waals surface area contributed by atoms with Crippen LogP contribution in [0, 0.1) is 13.8 Å². The molecule has 3 N–H and O–H groups in total. The number of nitrogen functional groups attached to an aromatic ring is 1. The van der Waals surface area contributed by atoms with Crippen LogP contribution in [0.15, 0.2) is 17.0 Å². The van der Waals surface area contributed by atoms with Crippen LogP contribution in [0.25, 0.3) is 0 Å². The molecule has 0 aliphatic carbocycles. The first-order valence-corrected chi connectivity index (χ1v) is 8.30. The number of rotatable bonds is 3. The molecule has 0 aromatic heterocycles. The predicted molar refractivity (Wildman–Crippen MR) is 81.3 cm³/mol. The summed E-state index contributed by atoms with van der Waals surface area (Å²) in [6, 6.07) is 3.22. The number of hydrogen-bond acceptors (Lipinski definition) is 4. The molecule has 1 aliphatic heterocycles. The first-order chi connectivity index (χ1) is 9.71. The summed E-state index contributed by atoms with van der Waals surface area (Å²) in [6.07, 6.45) is 0.631. The van der Waals surface area contributed by atoms with Crippen LogP contribution in [0.1, 0.15) is 24.5 Å². The average molecular weight is 311 g/mol. The molecule has 1 atom stereocenters. The number of aryl methyl sites for hydroxylation is 2. The van der Waals surface area contributed by atoms with E-state index in [4.69, 9.17) is 5.73 Å². The van der Waals surface area contributed by atoms with E-state index in [1.165, 1.54) is 11.2 Å². The van der Waals surface area contributed by atoms with Gasteiger partial charge in [-0.05, 0) is 43.5 Å². The highest BCUT2D eigenvalue weighted by Crippen LogP contribution is 2.28. The second-order valence-electron chi connectivity index (χ2n) is 5.53. The quantitative estimate of drug-likeness (QED) is 0.807. The molecule has 1 aromatic carbocycles. The summed E-state index contributed by atoms with van der Waals surface area (Å²) in [5, 5.41) is 2.77. The SMILES string of the molecule is CC(=O)NC1CCN(S(=O)(=O)c2c(C)cc(N)cc2C)C1. The number of carbonyl (C=O) groups excluding carboxylic acids is 1. The van der Waals surface area contributed by atoms with E-state index in [1.54, 1.807) is 26.0 Å². The zero-order chi connectivity index (χ0) is 15.8. The lowest BCUT2D eigenvalue weighted by Crippen LogP contribution is -2.37. The molecule has 116 valence electrons. The molecule has 7 heteroatoms. The van der Waals surface area contributed by atoms with Gasteiger partial charge in [0, 0.05) is 31.7 Å². The maximum atomic E-state index is 12.8. The molecule has 1 saturated heterocycles. The molecular weight excluding hydrogens is 290 g/mol.